The van der Waals surface area contributed by atoms with Crippen LogP contribution in [-0.2, 0) is 9.59 Å². The molecule has 0 spiro atoms. The quantitative estimate of drug-likeness (QED) is 0.817. The number of nitrogens with one attached hydrogen (secondary N) is 2. The average molecular weight is 350 g/mol. The van der Waals surface area contributed by atoms with Crippen LogP contribution >= 0.6 is 0 Å². The van der Waals surface area contributed by atoms with E-state index in [0.717, 1.165) is 28.1 Å². The second-order valence-corrected chi connectivity index (χ2v) is 7.46. The Bertz CT molecular complexity index is 908. The smallest absolute Gasteiger partial charge is 0.237 e. The summed E-state index contributed by atoms with van der Waals surface area (Å²) in [6, 6.07) is 13.5. The molecule has 2 amide bonds. The maximum Gasteiger partial charge on any atom is 0.237 e. The minimum Gasteiger partial charge on any atom is -0.468 e. The fraction of sp³-hybridized carbons (Fsp3) is 0.333. The predicted octanol–water partition coefficient (Wildman–Crippen LogP) is 3.27. The van der Waals surface area contributed by atoms with Crippen LogP contribution in [0.5, 0.6) is 5.75 Å². The van der Waals surface area contributed by atoms with Gasteiger partial charge in [0.2, 0.25) is 11.8 Å². The van der Waals surface area contributed by atoms with Crippen LogP contribution in [0.3, 0.4) is 0 Å². The van der Waals surface area contributed by atoms with E-state index in [1.165, 1.54) is 0 Å². The van der Waals surface area contributed by atoms with Gasteiger partial charge in [0.05, 0.1) is 0 Å². The van der Waals surface area contributed by atoms with Gasteiger partial charge in [-0.25, -0.2) is 0 Å². The number of rotatable bonds is 2. The van der Waals surface area contributed by atoms with E-state index < -0.39 is 11.6 Å². The summed E-state index contributed by atoms with van der Waals surface area (Å²) in [7, 11) is 0. The van der Waals surface area contributed by atoms with E-state index in [-0.39, 0.29) is 17.7 Å². The molecule has 2 aliphatic rings. The van der Waals surface area contributed by atoms with Gasteiger partial charge in [-0.05, 0) is 44.0 Å². The van der Waals surface area contributed by atoms with Crippen molar-refractivity contribution >= 4 is 17.5 Å². The molecule has 26 heavy (non-hydrogen) atoms. The lowest BCUT2D eigenvalue weighted by molar-refractivity contribution is -0.145. The summed E-state index contributed by atoms with van der Waals surface area (Å²) >= 11 is 0. The molecule has 2 aliphatic heterocycles. The molecule has 0 aromatic heterocycles. The van der Waals surface area contributed by atoms with Crippen LogP contribution in [-0.4, -0.2) is 17.5 Å². The number of carbonyl (C=O) groups excluding carboxylic acids is 2. The van der Waals surface area contributed by atoms with Gasteiger partial charge in [-0.3, -0.25) is 9.59 Å². The van der Waals surface area contributed by atoms with E-state index >= 15 is 0 Å². The fourth-order valence-electron chi connectivity index (χ4n) is 4.05. The average Bonchev–Trinajstić information content (AvgIpc) is 2.56. The lowest BCUT2D eigenvalue weighted by Gasteiger charge is -2.46. The van der Waals surface area contributed by atoms with E-state index in [0.29, 0.717) is 6.42 Å². The number of aryl methyl sites for hydroxylation is 2. The molecule has 2 aromatic carbocycles. The van der Waals surface area contributed by atoms with Crippen LogP contribution < -0.4 is 15.4 Å². The van der Waals surface area contributed by atoms with Crippen molar-refractivity contribution in [1.82, 2.24) is 5.32 Å². The maximum atomic E-state index is 13.0. The van der Waals surface area contributed by atoms with E-state index in [9.17, 15) is 9.59 Å². The lowest BCUT2D eigenvalue weighted by Crippen LogP contribution is -2.62. The second kappa shape index (κ2) is 5.87. The predicted molar refractivity (Wildman–Crippen MR) is 99.0 cm³/mol. The van der Waals surface area contributed by atoms with Crippen LogP contribution in [0.15, 0.2) is 42.5 Å². The number of ether oxygens (including phenoxy) is 1. The monoisotopic (exact) mass is 350 g/mol. The van der Waals surface area contributed by atoms with Gasteiger partial charge in [-0.15, -0.1) is 0 Å². The summed E-state index contributed by atoms with van der Waals surface area (Å²) in [5.74, 6) is -0.826. The molecular weight excluding hydrogens is 328 g/mol. The molecule has 0 saturated carbocycles. The molecule has 5 heteroatoms. The Morgan fingerprint density at radius 1 is 1.23 bits per heavy atom. The summed E-state index contributed by atoms with van der Waals surface area (Å²) in [5, 5.41) is 5.83. The molecular formula is C21H22N2O3. The summed E-state index contributed by atoms with van der Waals surface area (Å²) in [6.07, 6.45) is 0.570. The van der Waals surface area contributed by atoms with Crippen LogP contribution in [0.25, 0.3) is 0 Å². The van der Waals surface area contributed by atoms with Crippen molar-refractivity contribution in [3.63, 3.8) is 0 Å². The minimum atomic E-state index is -0.783. The van der Waals surface area contributed by atoms with Gasteiger partial charge < -0.3 is 15.4 Å². The Labute approximate surface area is 152 Å². The number of hydrogen-bond acceptors (Lipinski definition) is 3. The first-order chi connectivity index (χ1) is 12.4. The summed E-state index contributed by atoms with van der Waals surface area (Å²) in [5.41, 5.74) is 2.99. The van der Waals surface area contributed by atoms with Crippen molar-refractivity contribution in [2.24, 2.45) is 5.92 Å². The zero-order chi connectivity index (χ0) is 18.5. The highest BCUT2D eigenvalue weighted by molar-refractivity contribution is 6.08. The number of hydrogen-bond donors (Lipinski definition) is 2. The SMILES string of the molecule is Cc1ccc(NC(=O)C2C(=O)NC3(C)CC2c2ccccc2O3)c(C)c1. The van der Waals surface area contributed by atoms with Crippen molar-refractivity contribution in [2.75, 3.05) is 5.32 Å². The molecule has 2 heterocycles. The van der Waals surface area contributed by atoms with Gasteiger partial charge in [-0.2, -0.15) is 0 Å². The Kier molecular flexibility index (Phi) is 3.75. The Hall–Kier alpha value is -2.82. The molecule has 4 rings (SSSR count). The number of piperidine rings is 1. The lowest BCUT2D eigenvalue weighted by atomic mass is 9.74. The molecule has 5 nitrogen and oxygen atoms in total. The third kappa shape index (κ3) is 2.73. The van der Waals surface area contributed by atoms with E-state index in [1.54, 1.807) is 0 Å². The van der Waals surface area contributed by atoms with E-state index in [4.69, 9.17) is 4.74 Å². The molecule has 0 radical (unpaired) electrons. The van der Waals surface area contributed by atoms with Gasteiger partial charge in [0.1, 0.15) is 11.7 Å². The Balaban J connectivity index is 1.68. The standard InChI is InChI=1S/C21H22N2O3/c1-12-8-9-16(13(2)10-12)22-19(24)18-15-11-21(3,23-20(18)25)26-17-7-5-4-6-14(15)17/h4-10,15,18H,11H2,1-3H3,(H,22,24)(H,23,25). The van der Waals surface area contributed by atoms with Crippen LogP contribution in [0.1, 0.15) is 36.0 Å². The molecule has 2 aromatic rings. The third-order valence-electron chi connectivity index (χ3n) is 5.26. The summed E-state index contributed by atoms with van der Waals surface area (Å²) < 4.78 is 5.98. The zero-order valence-corrected chi connectivity index (χ0v) is 15.1. The molecule has 134 valence electrons. The van der Waals surface area contributed by atoms with Crippen molar-refractivity contribution in [3.05, 3.63) is 59.2 Å². The largest absolute Gasteiger partial charge is 0.468 e. The molecule has 3 unspecified atom stereocenters. The van der Waals surface area contributed by atoms with Gasteiger partial charge in [0, 0.05) is 18.0 Å². The number of para-hydroxylation sites is 1. The maximum absolute atomic E-state index is 13.0. The van der Waals surface area contributed by atoms with Crippen LogP contribution in [0.2, 0.25) is 0 Å². The number of fused-ring (bicyclic) bond motifs is 4. The third-order valence-corrected chi connectivity index (χ3v) is 5.26. The highest BCUT2D eigenvalue weighted by atomic mass is 16.5. The fourth-order valence-corrected chi connectivity index (χ4v) is 4.05. The summed E-state index contributed by atoms with van der Waals surface area (Å²) in [6.45, 7) is 5.81. The molecule has 0 aliphatic carbocycles. The van der Waals surface area contributed by atoms with Crippen LogP contribution in [0, 0.1) is 19.8 Å². The summed E-state index contributed by atoms with van der Waals surface area (Å²) in [4.78, 5) is 25.8. The molecule has 2 bridgehead atoms. The van der Waals surface area contributed by atoms with E-state index in [2.05, 4.69) is 10.6 Å². The highest BCUT2D eigenvalue weighted by Gasteiger charge is 2.51. The van der Waals surface area contributed by atoms with Crippen LogP contribution in [0.4, 0.5) is 5.69 Å². The van der Waals surface area contributed by atoms with Gasteiger partial charge in [0.15, 0.2) is 5.72 Å². The molecule has 1 saturated heterocycles. The van der Waals surface area contributed by atoms with Crippen molar-refractivity contribution in [1.29, 1.82) is 0 Å². The topological polar surface area (TPSA) is 67.4 Å². The van der Waals surface area contributed by atoms with Gasteiger partial charge >= 0.3 is 0 Å². The second-order valence-electron chi connectivity index (χ2n) is 7.46. The normalized spacial score (nSPS) is 26.3. The Morgan fingerprint density at radius 3 is 2.77 bits per heavy atom. The number of benzene rings is 2. The first kappa shape index (κ1) is 16.6. The number of carbonyl (C=O) groups is 2. The van der Waals surface area contributed by atoms with Crippen molar-refractivity contribution < 1.29 is 14.3 Å². The number of anilines is 1. The highest BCUT2D eigenvalue weighted by Crippen LogP contribution is 2.46. The Morgan fingerprint density at radius 2 is 2.00 bits per heavy atom. The molecule has 2 N–H and O–H groups in total. The minimum absolute atomic E-state index is 0.204. The van der Waals surface area contributed by atoms with Crippen molar-refractivity contribution in [2.45, 2.75) is 38.8 Å². The first-order valence-corrected chi connectivity index (χ1v) is 8.84. The van der Waals surface area contributed by atoms with Crippen molar-refractivity contribution in [3.8, 4) is 5.75 Å². The van der Waals surface area contributed by atoms with Gasteiger partial charge in [-0.1, -0.05) is 35.9 Å². The van der Waals surface area contributed by atoms with Gasteiger partial charge in [0.25, 0.3) is 0 Å². The van der Waals surface area contributed by atoms with E-state index in [1.807, 2.05) is 63.2 Å². The molecule has 3 atom stereocenters. The first-order valence-electron chi connectivity index (χ1n) is 8.84. The number of amides is 2. The zero-order valence-electron chi connectivity index (χ0n) is 15.1. The molecule has 1 fully saturated rings.